The van der Waals surface area contributed by atoms with E-state index in [2.05, 4.69) is 11.5 Å². The summed E-state index contributed by atoms with van der Waals surface area (Å²) in [6.45, 7) is 0. The number of ether oxygens (including phenoxy) is 1. The number of rotatable bonds is 2. The van der Waals surface area contributed by atoms with Gasteiger partial charge in [0.2, 0.25) is 0 Å². The average Bonchev–Trinajstić information content (AvgIpc) is 2.65. The van der Waals surface area contributed by atoms with Crippen molar-refractivity contribution in [1.29, 1.82) is 0 Å². The smallest absolute Gasteiger partial charge is 0.126 e. The number of methoxy groups -OCH3 is 1. The van der Waals surface area contributed by atoms with Gasteiger partial charge in [-0.3, -0.25) is 0 Å². The molecule has 0 saturated carbocycles. The molecule has 0 spiro atoms. The molecule has 72 valence electrons. The largest absolute Gasteiger partial charge is 0.496 e. The number of thiocarbonyl (C=S) groups is 1. The first-order chi connectivity index (χ1) is 6.81. The zero-order chi connectivity index (χ0) is 9.97. The highest BCUT2D eigenvalue weighted by Gasteiger charge is 2.15. The van der Waals surface area contributed by atoms with Crippen LogP contribution in [0.4, 0.5) is 0 Å². The van der Waals surface area contributed by atoms with Crippen molar-refractivity contribution in [2.45, 2.75) is 6.42 Å². The molecule has 1 aromatic carbocycles. The topological polar surface area (TPSA) is 9.23 Å². The van der Waals surface area contributed by atoms with Crippen LogP contribution in [0.25, 0.3) is 5.57 Å². The Labute approximate surface area is 93.2 Å². The highest BCUT2D eigenvalue weighted by molar-refractivity contribution is 8.25. The first-order valence-electron chi connectivity index (χ1n) is 4.33. The monoisotopic (exact) mass is 222 g/mol. The summed E-state index contributed by atoms with van der Waals surface area (Å²) in [5.74, 6) is 0.920. The predicted molar refractivity (Wildman–Crippen MR) is 65.8 cm³/mol. The highest BCUT2D eigenvalue weighted by Crippen LogP contribution is 2.36. The second-order valence-electron chi connectivity index (χ2n) is 3.01. The maximum absolute atomic E-state index is 5.30. The zero-order valence-corrected chi connectivity index (χ0v) is 9.45. The van der Waals surface area contributed by atoms with Crippen LogP contribution in [-0.4, -0.2) is 11.3 Å². The molecule has 0 N–H and O–H groups in total. The molecule has 0 bridgehead atoms. The van der Waals surface area contributed by atoms with Crippen LogP contribution in [0, 0.1) is 0 Å². The van der Waals surface area contributed by atoms with Gasteiger partial charge in [0.15, 0.2) is 0 Å². The third-order valence-electron chi connectivity index (χ3n) is 2.12. The summed E-state index contributed by atoms with van der Waals surface area (Å²) < 4.78 is 6.33. The van der Waals surface area contributed by atoms with Crippen LogP contribution >= 0.6 is 24.0 Å². The first-order valence-corrected chi connectivity index (χ1v) is 5.62. The number of hydrogen-bond acceptors (Lipinski definition) is 3. The van der Waals surface area contributed by atoms with Gasteiger partial charge in [-0.05, 0) is 17.0 Å². The van der Waals surface area contributed by atoms with Crippen molar-refractivity contribution < 1.29 is 4.74 Å². The third kappa shape index (κ3) is 1.83. The maximum atomic E-state index is 5.30. The van der Waals surface area contributed by atoms with Crippen LogP contribution in [-0.2, 0) is 0 Å². The predicted octanol–water partition coefficient (Wildman–Crippen LogP) is 3.50. The van der Waals surface area contributed by atoms with E-state index in [1.165, 1.54) is 5.57 Å². The van der Waals surface area contributed by atoms with Gasteiger partial charge >= 0.3 is 0 Å². The van der Waals surface area contributed by atoms with Gasteiger partial charge in [0.1, 0.15) is 5.75 Å². The van der Waals surface area contributed by atoms with Gasteiger partial charge in [-0.15, -0.1) is 0 Å². The molecule has 1 aliphatic heterocycles. The van der Waals surface area contributed by atoms with Gasteiger partial charge in [0.25, 0.3) is 0 Å². The lowest BCUT2D eigenvalue weighted by Crippen LogP contribution is -1.90. The Kier molecular flexibility index (Phi) is 2.89. The lowest BCUT2D eigenvalue weighted by atomic mass is 10.0. The van der Waals surface area contributed by atoms with Crippen LogP contribution < -0.4 is 4.74 Å². The summed E-state index contributed by atoms with van der Waals surface area (Å²) in [5.41, 5.74) is 2.42. The second kappa shape index (κ2) is 4.15. The lowest BCUT2D eigenvalue weighted by molar-refractivity contribution is 0.413. The van der Waals surface area contributed by atoms with Gasteiger partial charge < -0.3 is 4.74 Å². The Morgan fingerprint density at radius 2 is 2.14 bits per heavy atom. The van der Waals surface area contributed by atoms with E-state index in [-0.39, 0.29) is 0 Å². The van der Waals surface area contributed by atoms with Gasteiger partial charge in [-0.1, -0.05) is 42.2 Å². The molecule has 0 atom stereocenters. The molecule has 0 fully saturated rings. The summed E-state index contributed by atoms with van der Waals surface area (Å²) in [7, 11) is 1.69. The Morgan fingerprint density at radius 3 is 2.79 bits per heavy atom. The van der Waals surface area contributed by atoms with Crippen molar-refractivity contribution in [2.75, 3.05) is 7.11 Å². The lowest BCUT2D eigenvalue weighted by Gasteiger charge is -2.07. The summed E-state index contributed by atoms with van der Waals surface area (Å²) in [5, 5.41) is 2.11. The minimum Gasteiger partial charge on any atom is -0.496 e. The molecule has 14 heavy (non-hydrogen) atoms. The normalized spacial score (nSPS) is 15.5. The van der Waals surface area contributed by atoms with Crippen molar-refractivity contribution in [3.05, 3.63) is 35.2 Å². The molecule has 3 heteroatoms. The fourth-order valence-corrected chi connectivity index (χ4v) is 2.47. The van der Waals surface area contributed by atoms with Gasteiger partial charge in [-0.25, -0.2) is 0 Å². The number of allylic oxidation sites excluding steroid dienone is 1. The number of hydrogen-bond donors (Lipinski definition) is 0. The van der Waals surface area contributed by atoms with Crippen LogP contribution in [0.15, 0.2) is 29.7 Å². The van der Waals surface area contributed by atoms with Crippen LogP contribution in [0.5, 0.6) is 5.75 Å². The van der Waals surface area contributed by atoms with E-state index in [0.29, 0.717) is 0 Å². The molecule has 1 aromatic rings. The Balaban J connectivity index is 2.36. The van der Waals surface area contributed by atoms with Gasteiger partial charge in [-0.2, -0.15) is 0 Å². The summed E-state index contributed by atoms with van der Waals surface area (Å²) in [4.78, 5) is 0. The molecule has 0 unspecified atom stereocenters. The Morgan fingerprint density at radius 1 is 1.36 bits per heavy atom. The van der Waals surface area contributed by atoms with E-state index in [0.717, 1.165) is 21.9 Å². The molecule has 1 heterocycles. The SMILES string of the molecule is COc1ccccc1C1=CSC(=S)C1. The molecule has 2 rings (SSSR count). The molecule has 0 aromatic heterocycles. The first kappa shape index (κ1) is 9.74. The molecule has 1 aliphatic rings. The third-order valence-corrected chi connectivity index (χ3v) is 3.36. The average molecular weight is 222 g/mol. The minimum atomic E-state index is 0.875. The fourth-order valence-electron chi connectivity index (χ4n) is 1.44. The van der Waals surface area contributed by atoms with Crippen molar-refractivity contribution in [2.24, 2.45) is 0 Å². The van der Waals surface area contributed by atoms with E-state index in [4.69, 9.17) is 17.0 Å². The van der Waals surface area contributed by atoms with Gasteiger partial charge in [0.05, 0.1) is 11.3 Å². The summed E-state index contributed by atoms with van der Waals surface area (Å²) in [6, 6.07) is 8.04. The molecule has 0 saturated heterocycles. The molecule has 0 amide bonds. The fraction of sp³-hybridized carbons (Fsp3) is 0.182. The summed E-state index contributed by atoms with van der Waals surface area (Å²) >= 11 is 6.78. The van der Waals surface area contributed by atoms with Crippen molar-refractivity contribution >= 4 is 33.7 Å². The van der Waals surface area contributed by atoms with Crippen LogP contribution in [0.3, 0.4) is 0 Å². The second-order valence-corrected chi connectivity index (χ2v) is 4.73. The number of para-hydroxylation sites is 1. The van der Waals surface area contributed by atoms with Crippen LogP contribution in [0.2, 0.25) is 0 Å². The molecule has 1 nitrogen and oxygen atoms in total. The van der Waals surface area contributed by atoms with Gasteiger partial charge in [0, 0.05) is 12.0 Å². The standard InChI is InChI=1S/C11H10OS2/c1-12-10-5-3-2-4-9(10)8-6-11(13)14-7-8/h2-5,7H,6H2,1H3. The molecule has 0 aliphatic carbocycles. The summed E-state index contributed by atoms with van der Waals surface area (Å²) in [6.07, 6.45) is 0.875. The van der Waals surface area contributed by atoms with Crippen molar-refractivity contribution in [1.82, 2.24) is 0 Å². The van der Waals surface area contributed by atoms with E-state index < -0.39 is 0 Å². The van der Waals surface area contributed by atoms with Crippen molar-refractivity contribution in [3.8, 4) is 5.75 Å². The quantitative estimate of drug-likeness (QED) is 0.709. The Hall–Kier alpha value is -0.800. The molecular formula is C11H10OS2. The molecular weight excluding hydrogens is 212 g/mol. The number of benzene rings is 1. The van der Waals surface area contributed by atoms with E-state index in [1.807, 2.05) is 18.2 Å². The molecule has 0 radical (unpaired) electrons. The minimum absolute atomic E-state index is 0.875. The number of thioether (sulfide) groups is 1. The Bertz CT molecular complexity index is 396. The van der Waals surface area contributed by atoms with Crippen molar-refractivity contribution in [3.63, 3.8) is 0 Å². The zero-order valence-electron chi connectivity index (χ0n) is 7.82. The van der Waals surface area contributed by atoms with E-state index in [1.54, 1.807) is 18.9 Å². The van der Waals surface area contributed by atoms with E-state index >= 15 is 0 Å². The highest BCUT2D eigenvalue weighted by atomic mass is 32.2. The maximum Gasteiger partial charge on any atom is 0.126 e. The van der Waals surface area contributed by atoms with Crippen LogP contribution in [0.1, 0.15) is 12.0 Å². The van der Waals surface area contributed by atoms with E-state index in [9.17, 15) is 0 Å².